The number of ether oxygens (including phenoxy) is 1. The largest absolute Gasteiger partial charge is 0.444 e. The number of aliphatic imine (C=N–C) groups is 1. The van der Waals surface area contributed by atoms with Gasteiger partial charge in [0, 0.05) is 13.6 Å². The Kier molecular flexibility index (Phi) is 6.81. The van der Waals surface area contributed by atoms with Gasteiger partial charge in [0.1, 0.15) is 11.6 Å². The van der Waals surface area contributed by atoms with Crippen LogP contribution in [-0.4, -0.2) is 48.1 Å². The monoisotopic (exact) mass is 287 g/mol. The molecular formula is C12H25N5O3. The van der Waals surface area contributed by atoms with Crippen LogP contribution in [-0.2, 0) is 9.53 Å². The molecule has 2 amide bonds. The Morgan fingerprint density at radius 3 is 2.20 bits per heavy atom. The smallest absolute Gasteiger partial charge is 0.410 e. The second-order valence-corrected chi connectivity index (χ2v) is 5.46. The van der Waals surface area contributed by atoms with E-state index in [9.17, 15) is 9.59 Å². The van der Waals surface area contributed by atoms with Crippen LogP contribution in [0.1, 0.15) is 33.6 Å². The maximum Gasteiger partial charge on any atom is 0.410 e. The second kappa shape index (κ2) is 7.56. The Bertz CT molecular complexity index is 372. The molecule has 0 radical (unpaired) electrons. The quantitative estimate of drug-likeness (QED) is 0.352. The molecule has 0 saturated carbocycles. The first-order valence-electron chi connectivity index (χ1n) is 6.35. The number of likely N-dealkylation sites (N-methyl/N-ethyl adjacent to an activating group) is 1. The predicted octanol–water partition coefficient (Wildman–Crippen LogP) is -0.239. The zero-order valence-electron chi connectivity index (χ0n) is 12.5. The Balaban J connectivity index is 4.55. The molecule has 0 aliphatic carbocycles. The third-order valence-corrected chi connectivity index (χ3v) is 2.41. The topological polar surface area (TPSA) is 137 Å². The summed E-state index contributed by atoms with van der Waals surface area (Å²) in [6.07, 6.45) is 0.295. The minimum Gasteiger partial charge on any atom is -0.444 e. The summed E-state index contributed by atoms with van der Waals surface area (Å²) < 4.78 is 5.19. The van der Waals surface area contributed by atoms with E-state index in [0.717, 1.165) is 0 Å². The molecule has 8 nitrogen and oxygen atoms in total. The summed E-state index contributed by atoms with van der Waals surface area (Å²) in [6.45, 7) is 5.61. The average molecular weight is 287 g/mol. The minimum atomic E-state index is -0.751. The first-order chi connectivity index (χ1) is 9.04. The fourth-order valence-corrected chi connectivity index (χ4v) is 1.48. The number of guanidine groups is 1. The number of primary amides is 1. The number of nitrogens with two attached hydrogens (primary N) is 3. The molecule has 0 heterocycles. The molecule has 8 heteroatoms. The molecule has 0 aliphatic heterocycles. The van der Waals surface area contributed by atoms with Crippen molar-refractivity contribution in [2.24, 2.45) is 22.2 Å². The molecular weight excluding hydrogens is 262 g/mol. The van der Waals surface area contributed by atoms with Gasteiger partial charge >= 0.3 is 6.09 Å². The Hall–Kier alpha value is -1.99. The van der Waals surface area contributed by atoms with Crippen molar-refractivity contribution in [3.8, 4) is 0 Å². The van der Waals surface area contributed by atoms with E-state index in [2.05, 4.69) is 4.99 Å². The van der Waals surface area contributed by atoms with Crippen molar-refractivity contribution in [1.29, 1.82) is 0 Å². The van der Waals surface area contributed by atoms with Crippen molar-refractivity contribution in [3.63, 3.8) is 0 Å². The van der Waals surface area contributed by atoms with Gasteiger partial charge in [-0.05, 0) is 33.6 Å². The standard InChI is InChI=1S/C12H25N5O3/c1-12(2,3)20-11(19)17(4)8(9(13)18)6-5-7-16-10(14)15/h8H,5-7H2,1-4H3,(H2,13,18)(H4,14,15,16). The minimum absolute atomic E-state index is 0.0129. The van der Waals surface area contributed by atoms with E-state index >= 15 is 0 Å². The van der Waals surface area contributed by atoms with Gasteiger partial charge in [-0.2, -0.15) is 0 Å². The number of rotatable bonds is 6. The van der Waals surface area contributed by atoms with E-state index in [0.29, 0.717) is 19.4 Å². The van der Waals surface area contributed by atoms with Crippen molar-refractivity contribution >= 4 is 18.0 Å². The van der Waals surface area contributed by atoms with Gasteiger partial charge in [-0.3, -0.25) is 14.7 Å². The van der Waals surface area contributed by atoms with Gasteiger partial charge in [0.05, 0.1) is 0 Å². The summed E-state index contributed by atoms with van der Waals surface area (Å²) >= 11 is 0. The number of carbonyl (C=O) groups is 2. The maximum absolute atomic E-state index is 11.9. The van der Waals surface area contributed by atoms with Gasteiger partial charge in [-0.15, -0.1) is 0 Å². The lowest BCUT2D eigenvalue weighted by Gasteiger charge is -2.29. The maximum atomic E-state index is 11.9. The number of nitrogens with zero attached hydrogens (tertiary/aromatic N) is 2. The highest BCUT2D eigenvalue weighted by atomic mass is 16.6. The van der Waals surface area contributed by atoms with Crippen LogP contribution in [0, 0.1) is 0 Å². The van der Waals surface area contributed by atoms with Crippen LogP contribution in [0.2, 0.25) is 0 Å². The van der Waals surface area contributed by atoms with E-state index in [1.165, 1.54) is 11.9 Å². The van der Waals surface area contributed by atoms with E-state index < -0.39 is 23.6 Å². The molecule has 116 valence electrons. The van der Waals surface area contributed by atoms with Gasteiger partial charge in [0.15, 0.2) is 5.96 Å². The molecule has 0 aromatic carbocycles. The van der Waals surface area contributed by atoms with Gasteiger partial charge in [-0.1, -0.05) is 0 Å². The predicted molar refractivity (Wildman–Crippen MR) is 76.9 cm³/mol. The first kappa shape index (κ1) is 18.0. The molecule has 0 aromatic rings. The molecule has 0 aromatic heterocycles. The molecule has 0 bridgehead atoms. The summed E-state index contributed by atoms with van der Waals surface area (Å²) in [4.78, 5) is 28.3. The van der Waals surface area contributed by atoms with Crippen LogP contribution in [0.25, 0.3) is 0 Å². The third-order valence-electron chi connectivity index (χ3n) is 2.41. The van der Waals surface area contributed by atoms with Crippen molar-refractivity contribution in [3.05, 3.63) is 0 Å². The van der Waals surface area contributed by atoms with Crippen molar-refractivity contribution in [2.75, 3.05) is 13.6 Å². The van der Waals surface area contributed by atoms with Crippen molar-refractivity contribution in [2.45, 2.75) is 45.3 Å². The van der Waals surface area contributed by atoms with E-state index in [1.807, 2.05) is 0 Å². The molecule has 0 saturated heterocycles. The molecule has 1 unspecified atom stereocenters. The zero-order chi connectivity index (χ0) is 15.9. The molecule has 1 atom stereocenters. The Labute approximate surface area is 119 Å². The van der Waals surface area contributed by atoms with Crippen LogP contribution in [0.15, 0.2) is 4.99 Å². The Morgan fingerprint density at radius 1 is 1.25 bits per heavy atom. The summed E-state index contributed by atoms with van der Waals surface area (Å²) in [5, 5.41) is 0. The number of hydrogen-bond acceptors (Lipinski definition) is 4. The van der Waals surface area contributed by atoms with Crippen molar-refractivity contribution in [1.82, 2.24) is 4.90 Å². The lowest BCUT2D eigenvalue weighted by molar-refractivity contribution is -0.123. The fourth-order valence-electron chi connectivity index (χ4n) is 1.48. The van der Waals surface area contributed by atoms with Crippen LogP contribution in [0.4, 0.5) is 4.79 Å². The van der Waals surface area contributed by atoms with Gasteiger partial charge in [-0.25, -0.2) is 4.79 Å². The molecule has 0 spiro atoms. The number of amides is 2. The van der Waals surface area contributed by atoms with Crippen LogP contribution < -0.4 is 17.2 Å². The van der Waals surface area contributed by atoms with Crippen molar-refractivity contribution < 1.29 is 14.3 Å². The summed E-state index contributed by atoms with van der Waals surface area (Å²) in [5.74, 6) is -0.607. The third kappa shape index (κ3) is 7.45. The highest BCUT2D eigenvalue weighted by Gasteiger charge is 2.28. The summed E-state index contributed by atoms with van der Waals surface area (Å²) in [6, 6.07) is -0.751. The highest BCUT2D eigenvalue weighted by Crippen LogP contribution is 2.13. The fraction of sp³-hybridized carbons (Fsp3) is 0.750. The summed E-state index contributed by atoms with van der Waals surface area (Å²) in [5.41, 5.74) is 15.1. The number of carbonyl (C=O) groups excluding carboxylic acids is 2. The molecule has 0 aliphatic rings. The summed E-state index contributed by atoms with van der Waals surface area (Å²) in [7, 11) is 1.48. The SMILES string of the molecule is CN(C(=O)OC(C)(C)C)C(CCCN=C(N)N)C(N)=O. The van der Waals surface area contributed by atoms with Crippen LogP contribution in [0.5, 0.6) is 0 Å². The highest BCUT2D eigenvalue weighted by molar-refractivity contribution is 5.84. The first-order valence-corrected chi connectivity index (χ1v) is 6.35. The Morgan fingerprint density at radius 2 is 1.80 bits per heavy atom. The normalized spacial score (nSPS) is 12.4. The zero-order valence-corrected chi connectivity index (χ0v) is 12.5. The van der Waals surface area contributed by atoms with E-state index in [-0.39, 0.29) is 5.96 Å². The second-order valence-electron chi connectivity index (χ2n) is 5.46. The van der Waals surface area contributed by atoms with E-state index in [4.69, 9.17) is 21.9 Å². The van der Waals surface area contributed by atoms with Crippen LogP contribution in [0.3, 0.4) is 0 Å². The molecule has 0 fully saturated rings. The molecule has 20 heavy (non-hydrogen) atoms. The van der Waals surface area contributed by atoms with Crippen LogP contribution >= 0.6 is 0 Å². The van der Waals surface area contributed by atoms with E-state index in [1.54, 1.807) is 20.8 Å². The van der Waals surface area contributed by atoms with Gasteiger partial charge < -0.3 is 21.9 Å². The number of hydrogen-bond donors (Lipinski definition) is 3. The lowest BCUT2D eigenvalue weighted by Crippen LogP contribution is -2.47. The molecule has 6 N–H and O–H groups in total. The van der Waals surface area contributed by atoms with Gasteiger partial charge in [0.2, 0.25) is 5.91 Å². The molecule has 0 rings (SSSR count). The van der Waals surface area contributed by atoms with Gasteiger partial charge in [0.25, 0.3) is 0 Å². The average Bonchev–Trinajstić information content (AvgIpc) is 2.24. The lowest BCUT2D eigenvalue weighted by atomic mass is 10.1.